The van der Waals surface area contributed by atoms with Crippen LogP contribution in [0, 0.1) is 10.1 Å². The molecule has 152 valence electrons. The number of nitrogens with zero attached hydrogens (tertiary/aromatic N) is 3. The van der Waals surface area contributed by atoms with E-state index in [2.05, 4.69) is 15.9 Å². The first-order chi connectivity index (χ1) is 14.5. The molecule has 0 fully saturated rings. The second-order valence-corrected chi connectivity index (χ2v) is 8.06. The maximum Gasteiger partial charge on any atom is 0.324 e. The van der Waals surface area contributed by atoms with E-state index < -0.39 is 0 Å². The fourth-order valence-electron chi connectivity index (χ4n) is 3.02. The summed E-state index contributed by atoms with van der Waals surface area (Å²) in [6.45, 7) is 0. The molecule has 4 rings (SSSR count). The summed E-state index contributed by atoms with van der Waals surface area (Å²) in [7, 11) is 3.22. The first-order valence-electron chi connectivity index (χ1n) is 8.83. The molecule has 0 N–H and O–H groups in total. The van der Waals surface area contributed by atoms with E-state index in [1.807, 2.05) is 48.5 Å². The smallest absolute Gasteiger partial charge is 0.324 e. The van der Waals surface area contributed by atoms with E-state index >= 15 is 0 Å². The number of aromatic nitrogens is 2. The predicted molar refractivity (Wildman–Crippen MR) is 120 cm³/mol. The summed E-state index contributed by atoms with van der Waals surface area (Å²) in [6, 6.07) is 18.3. The van der Waals surface area contributed by atoms with Gasteiger partial charge < -0.3 is 9.47 Å². The lowest BCUT2D eigenvalue weighted by molar-refractivity contribution is -0.380. The number of nitro groups is 1. The minimum absolute atomic E-state index is 0.0785. The van der Waals surface area contributed by atoms with Crippen molar-refractivity contribution in [2.75, 3.05) is 14.2 Å². The van der Waals surface area contributed by atoms with Gasteiger partial charge in [-0.2, -0.15) is 5.10 Å². The van der Waals surface area contributed by atoms with Crippen LogP contribution in [-0.2, 0) is 0 Å². The van der Waals surface area contributed by atoms with Gasteiger partial charge in [0, 0.05) is 16.5 Å². The van der Waals surface area contributed by atoms with E-state index in [1.54, 1.807) is 25.0 Å². The highest BCUT2D eigenvalue weighted by Gasteiger charge is 2.23. The van der Waals surface area contributed by atoms with E-state index in [9.17, 15) is 10.1 Å². The molecule has 0 aliphatic heterocycles. The number of halogens is 1. The minimum Gasteiger partial charge on any atom is -0.497 e. The van der Waals surface area contributed by atoms with Gasteiger partial charge in [0.1, 0.15) is 21.8 Å². The van der Waals surface area contributed by atoms with Gasteiger partial charge in [0.25, 0.3) is 0 Å². The average molecular weight is 486 g/mol. The Morgan fingerprint density at radius 2 is 1.57 bits per heavy atom. The highest BCUT2D eigenvalue weighted by molar-refractivity contribution is 9.10. The highest BCUT2D eigenvalue weighted by atomic mass is 79.9. The Kier molecular flexibility index (Phi) is 5.56. The summed E-state index contributed by atoms with van der Waals surface area (Å²) in [6.07, 6.45) is 0. The normalized spacial score (nSPS) is 10.8. The fourth-order valence-corrected chi connectivity index (χ4v) is 4.71. The molecule has 0 aliphatic rings. The summed E-state index contributed by atoms with van der Waals surface area (Å²) in [4.78, 5) is 11.6. The molecular formula is C21H16BrN3O4S. The van der Waals surface area contributed by atoms with Crippen molar-refractivity contribution in [2.24, 2.45) is 0 Å². The van der Waals surface area contributed by atoms with Crippen LogP contribution in [-0.4, -0.2) is 28.9 Å². The molecule has 2 aromatic carbocycles. The molecule has 2 aromatic heterocycles. The largest absolute Gasteiger partial charge is 0.497 e. The van der Waals surface area contributed by atoms with E-state index in [1.165, 1.54) is 6.07 Å². The third-order valence-electron chi connectivity index (χ3n) is 4.53. The lowest BCUT2D eigenvalue weighted by Gasteiger charge is -2.05. The number of hydrogen-bond acceptors (Lipinski definition) is 6. The van der Waals surface area contributed by atoms with Crippen LogP contribution in [0.25, 0.3) is 27.4 Å². The zero-order valence-corrected chi connectivity index (χ0v) is 18.4. The molecule has 4 aromatic rings. The summed E-state index contributed by atoms with van der Waals surface area (Å²) >= 11 is 4.78. The third kappa shape index (κ3) is 3.69. The number of benzene rings is 2. The monoisotopic (exact) mass is 485 g/mol. The summed E-state index contributed by atoms with van der Waals surface area (Å²) in [5.74, 6) is 1.48. The van der Waals surface area contributed by atoms with Gasteiger partial charge in [0.15, 0.2) is 0 Å². The lowest BCUT2D eigenvalue weighted by Crippen LogP contribution is -1.97. The van der Waals surface area contributed by atoms with Gasteiger partial charge in [0.05, 0.1) is 30.4 Å². The number of hydrogen-bond donors (Lipinski definition) is 0. The molecule has 9 heteroatoms. The second-order valence-electron chi connectivity index (χ2n) is 6.25. The molecule has 0 atom stereocenters. The molecule has 0 saturated carbocycles. The van der Waals surface area contributed by atoms with Gasteiger partial charge >= 0.3 is 5.00 Å². The van der Waals surface area contributed by atoms with Crippen molar-refractivity contribution in [1.82, 2.24) is 9.78 Å². The number of methoxy groups -OCH3 is 2. The number of thiophene rings is 1. The van der Waals surface area contributed by atoms with Crippen LogP contribution < -0.4 is 9.47 Å². The van der Waals surface area contributed by atoms with Crippen LogP contribution in [0.4, 0.5) is 5.00 Å². The van der Waals surface area contributed by atoms with E-state index in [0.717, 1.165) is 44.5 Å². The Morgan fingerprint density at radius 3 is 2.10 bits per heavy atom. The van der Waals surface area contributed by atoms with E-state index in [-0.39, 0.29) is 9.92 Å². The van der Waals surface area contributed by atoms with Crippen LogP contribution in [0.2, 0.25) is 0 Å². The summed E-state index contributed by atoms with van der Waals surface area (Å²) in [5, 5.41) is 16.1. The van der Waals surface area contributed by atoms with Crippen molar-refractivity contribution in [3.8, 4) is 38.9 Å². The molecule has 0 unspecified atom stereocenters. The van der Waals surface area contributed by atoms with Gasteiger partial charge in [0.2, 0.25) is 0 Å². The van der Waals surface area contributed by atoms with Crippen LogP contribution >= 0.6 is 27.3 Å². The molecule has 0 radical (unpaired) electrons. The highest BCUT2D eigenvalue weighted by Crippen LogP contribution is 2.43. The van der Waals surface area contributed by atoms with Crippen molar-refractivity contribution >= 4 is 32.3 Å². The maximum absolute atomic E-state index is 11.2. The molecule has 30 heavy (non-hydrogen) atoms. The average Bonchev–Trinajstić information content (AvgIpc) is 3.39. The van der Waals surface area contributed by atoms with Gasteiger partial charge in [-0.3, -0.25) is 10.1 Å². The molecule has 2 heterocycles. The third-order valence-corrected chi connectivity index (χ3v) is 6.31. The number of ether oxygens (including phenoxy) is 2. The Morgan fingerprint density at radius 1 is 0.967 bits per heavy atom. The maximum atomic E-state index is 11.2. The zero-order valence-electron chi connectivity index (χ0n) is 16.0. The zero-order chi connectivity index (χ0) is 21.3. The molecule has 0 spiro atoms. The van der Waals surface area contributed by atoms with Gasteiger partial charge in [-0.15, -0.1) is 0 Å². The van der Waals surface area contributed by atoms with Crippen LogP contribution in [0.5, 0.6) is 11.5 Å². The predicted octanol–water partition coefficient (Wildman–Crippen LogP) is 5.96. The van der Waals surface area contributed by atoms with E-state index in [4.69, 9.17) is 14.6 Å². The Hall–Kier alpha value is -3.17. The van der Waals surface area contributed by atoms with Crippen LogP contribution in [0.15, 0.2) is 65.3 Å². The first-order valence-corrected chi connectivity index (χ1v) is 10.4. The molecule has 0 saturated heterocycles. The minimum atomic E-state index is -0.386. The Balaban J connectivity index is 1.90. The lowest BCUT2D eigenvalue weighted by atomic mass is 10.1. The quantitative estimate of drug-likeness (QED) is 0.248. The second kappa shape index (κ2) is 8.29. The van der Waals surface area contributed by atoms with E-state index in [0.29, 0.717) is 10.3 Å². The Labute approximate surface area is 184 Å². The molecule has 0 bridgehead atoms. The standard InChI is InChI=1S/C21H16BrN3O4S/c1-28-15-7-3-13(4-8-15)20-19(17-11-12-18(30-17)25(26)27)21(22)24(23-20)14-5-9-16(29-2)10-6-14/h3-12H,1-2H3. The Bertz CT molecular complexity index is 1200. The first kappa shape index (κ1) is 20.1. The SMILES string of the molecule is COc1ccc(-c2nn(-c3ccc(OC)cc3)c(Br)c2-c2ccc([N+](=O)[O-])s2)cc1. The van der Waals surface area contributed by atoms with Gasteiger partial charge in [-0.25, -0.2) is 4.68 Å². The van der Waals surface area contributed by atoms with Gasteiger partial charge in [-0.05, 0) is 70.5 Å². The van der Waals surface area contributed by atoms with Gasteiger partial charge in [-0.1, -0.05) is 11.3 Å². The molecular weight excluding hydrogens is 470 g/mol. The van der Waals surface area contributed by atoms with Crippen molar-refractivity contribution < 1.29 is 14.4 Å². The number of rotatable bonds is 6. The molecule has 7 nitrogen and oxygen atoms in total. The topological polar surface area (TPSA) is 79.4 Å². The molecule has 0 amide bonds. The van der Waals surface area contributed by atoms with Crippen molar-refractivity contribution in [3.63, 3.8) is 0 Å². The van der Waals surface area contributed by atoms with Crippen LogP contribution in [0.1, 0.15) is 0 Å². The summed E-state index contributed by atoms with van der Waals surface area (Å²) in [5.41, 5.74) is 3.19. The molecule has 0 aliphatic carbocycles. The van der Waals surface area contributed by atoms with Crippen LogP contribution in [0.3, 0.4) is 0 Å². The fraction of sp³-hybridized carbons (Fsp3) is 0.0952. The van der Waals surface area contributed by atoms with Crippen molar-refractivity contribution in [2.45, 2.75) is 0 Å². The summed E-state index contributed by atoms with van der Waals surface area (Å²) < 4.78 is 13.0. The van der Waals surface area contributed by atoms with Crippen molar-refractivity contribution in [3.05, 3.63) is 75.4 Å². The van der Waals surface area contributed by atoms with Crippen molar-refractivity contribution in [1.29, 1.82) is 0 Å².